The predicted molar refractivity (Wildman–Crippen MR) is 195 cm³/mol. The summed E-state index contributed by atoms with van der Waals surface area (Å²) in [4.78, 5) is 0. The quantitative estimate of drug-likeness (QED) is 0.167. The maximum atomic E-state index is 2.50. The van der Waals surface area contributed by atoms with Crippen LogP contribution in [0.3, 0.4) is 0 Å². The Morgan fingerprint density at radius 3 is 1.34 bits per heavy atom. The van der Waals surface area contributed by atoms with E-state index in [2.05, 4.69) is 182 Å². The van der Waals surface area contributed by atoms with E-state index in [0.717, 1.165) is 11.0 Å². The normalized spacial score (nSPS) is 12.3. The van der Waals surface area contributed by atoms with Crippen molar-refractivity contribution in [2.24, 2.45) is 0 Å². The van der Waals surface area contributed by atoms with Crippen molar-refractivity contribution in [2.45, 2.75) is 0 Å². The van der Waals surface area contributed by atoms with Gasteiger partial charge < -0.3 is 0 Å². The first kappa shape index (κ1) is 24.9. The monoisotopic (exact) mass is 599 g/mol. The molecule has 0 aliphatic heterocycles. The van der Waals surface area contributed by atoms with Gasteiger partial charge in [-0.1, -0.05) is 126 Å². The van der Waals surface area contributed by atoms with Gasteiger partial charge in [-0.25, -0.2) is 0 Å². The molecule has 0 radical (unpaired) electrons. The van der Waals surface area contributed by atoms with Crippen LogP contribution < -0.4 is 4.68 Å². The van der Waals surface area contributed by atoms with Crippen molar-refractivity contribution in [3.63, 3.8) is 0 Å². The molecule has 0 fully saturated rings. The number of rotatable bonds is 1. The molecule has 11 rings (SSSR count). The lowest BCUT2D eigenvalue weighted by atomic mass is 10.0. The first-order valence-electron chi connectivity index (χ1n) is 16.1. The Kier molecular flexibility index (Phi) is 4.81. The molecule has 5 aromatic heterocycles. The van der Waals surface area contributed by atoms with Crippen LogP contribution in [0.15, 0.2) is 164 Å². The molecule has 47 heavy (non-hydrogen) atoms. The summed E-state index contributed by atoms with van der Waals surface area (Å²) in [5, 5.41) is 11.2. The number of para-hydroxylation sites is 4. The van der Waals surface area contributed by atoms with Crippen LogP contribution in [0.25, 0.3) is 87.2 Å². The number of hydrogen-bond donors (Lipinski definition) is 0. The van der Waals surface area contributed by atoms with Crippen molar-refractivity contribution in [3.8, 4) is 0 Å². The first-order chi connectivity index (χ1) is 23.4. The van der Waals surface area contributed by atoms with Gasteiger partial charge in [-0.2, -0.15) is 0 Å². The highest BCUT2D eigenvalue weighted by Crippen LogP contribution is 2.40. The average Bonchev–Trinajstić information content (AvgIpc) is 3.77. The van der Waals surface area contributed by atoms with Crippen LogP contribution in [0.4, 0.5) is 0 Å². The highest BCUT2D eigenvalue weighted by molar-refractivity contribution is 6.26. The number of nitrogens with zero attached hydrogens (tertiary/aromatic N) is 4. The van der Waals surface area contributed by atoms with E-state index in [1.54, 1.807) is 0 Å². The molecule has 0 spiro atoms. The summed E-state index contributed by atoms with van der Waals surface area (Å²) in [5.41, 5.74) is 8.21. The molecule has 0 aliphatic rings. The Bertz CT molecular complexity index is 3080. The van der Waals surface area contributed by atoms with E-state index in [1.807, 2.05) is 0 Å². The summed E-state index contributed by atoms with van der Waals surface area (Å²) >= 11 is 0. The Morgan fingerprint density at radius 1 is 0.319 bits per heavy atom. The number of hydrogen-bond acceptors (Lipinski definition) is 0. The maximum Gasteiger partial charge on any atom is 0.226 e. The van der Waals surface area contributed by atoms with Crippen molar-refractivity contribution < 1.29 is 4.68 Å². The number of aromatic nitrogens is 4. The minimum atomic E-state index is 1.15. The zero-order chi connectivity index (χ0) is 30.6. The Labute approximate surface area is 268 Å². The largest absolute Gasteiger partial charge is 0.292 e. The van der Waals surface area contributed by atoms with Gasteiger partial charge in [-0.05, 0) is 45.8 Å². The lowest BCUT2D eigenvalue weighted by Gasteiger charge is -2.04. The third kappa shape index (κ3) is 3.19. The second-order valence-electron chi connectivity index (χ2n) is 12.4. The average molecular weight is 600 g/mol. The van der Waals surface area contributed by atoms with Crippen LogP contribution >= 0.6 is 0 Å². The molecule has 0 atom stereocenters. The van der Waals surface area contributed by atoms with Gasteiger partial charge in [0.2, 0.25) is 12.4 Å². The van der Waals surface area contributed by atoms with Crippen molar-refractivity contribution in [2.75, 3.05) is 0 Å². The van der Waals surface area contributed by atoms with Crippen molar-refractivity contribution in [1.82, 2.24) is 13.5 Å². The lowest BCUT2D eigenvalue weighted by molar-refractivity contribution is -0.719. The third-order valence-corrected chi connectivity index (χ3v) is 10.1. The van der Waals surface area contributed by atoms with Gasteiger partial charge in [0.25, 0.3) is 0 Å². The number of benzene rings is 6. The molecule has 6 aromatic carbocycles. The fraction of sp³-hybridized carbons (Fsp3) is 0. The fourth-order valence-corrected chi connectivity index (χ4v) is 8.19. The van der Waals surface area contributed by atoms with Crippen molar-refractivity contribution >= 4 is 87.2 Å². The van der Waals surface area contributed by atoms with Gasteiger partial charge in [0, 0.05) is 33.0 Å². The molecule has 0 aliphatic carbocycles. The molecule has 11 aromatic rings. The summed E-state index contributed by atoms with van der Waals surface area (Å²) < 4.78 is 9.57. The molecule has 0 saturated carbocycles. The summed E-state index contributed by atoms with van der Waals surface area (Å²) in [6.07, 6.45) is 4.52. The summed E-state index contributed by atoms with van der Waals surface area (Å²) in [6, 6.07) is 55.2. The molecule has 0 amide bonds. The molecule has 4 nitrogen and oxygen atoms in total. The molecule has 0 N–H and O–H groups in total. The highest BCUT2D eigenvalue weighted by atomic mass is 15.4. The maximum absolute atomic E-state index is 2.50. The van der Waals surface area contributed by atoms with E-state index in [1.165, 1.54) is 76.2 Å². The predicted octanol–water partition coefficient (Wildman–Crippen LogP) is 10.2. The summed E-state index contributed by atoms with van der Waals surface area (Å²) in [6.45, 7) is 0. The molecular formula is C43H27N4+. The molecule has 0 saturated heterocycles. The van der Waals surface area contributed by atoms with Crippen LogP contribution in [0.1, 0.15) is 0 Å². The SMILES string of the molecule is c1ccc2c(c1)c1ccccc1c1c3ccccc3n3c4c[n+](-n5c6ccccc6c6ccccc65)ccc4n(c4ccccc24)c13. The lowest BCUT2D eigenvalue weighted by Crippen LogP contribution is -2.40. The van der Waals surface area contributed by atoms with Gasteiger partial charge in [0.15, 0.2) is 0 Å². The van der Waals surface area contributed by atoms with Gasteiger partial charge in [0.05, 0.1) is 16.6 Å². The fourth-order valence-electron chi connectivity index (χ4n) is 8.19. The van der Waals surface area contributed by atoms with Gasteiger partial charge >= 0.3 is 0 Å². The third-order valence-electron chi connectivity index (χ3n) is 10.1. The van der Waals surface area contributed by atoms with Crippen molar-refractivity contribution in [3.05, 3.63) is 164 Å². The van der Waals surface area contributed by atoms with Crippen LogP contribution in [0, 0.1) is 0 Å². The van der Waals surface area contributed by atoms with Gasteiger partial charge in [-0.15, -0.1) is 4.68 Å². The van der Waals surface area contributed by atoms with E-state index >= 15 is 0 Å². The Hall–Kier alpha value is -6.39. The summed E-state index contributed by atoms with van der Waals surface area (Å²) in [7, 11) is 0. The van der Waals surface area contributed by atoms with E-state index < -0.39 is 0 Å². The van der Waals surface area contributed by atoms with E-state index in [-0.39, 0.29) is 0 Å². The Balaban J connectivity index is 1.45. The smallest absolute Gasteiger partial charge is 0.226 e. The summed E-state index contributed by atoms with van der Waals surface area (Å²) in [5.74, 6) is 0. The topological polar surface area (TPSA) is 17.6 Å². The van der Waals surface area contributed by atoms with Gasteiger partial charge in [0.1, 0.15) is 22.2 Å². The minimum absolute atomic E-state index is 1.15. The van der Waals surface area contributed by atoms with Crippen molar-refractivity contribution in [1.29, 1.82) is 0 Å². The first-order valence-corrected chi connectivity index (χ1v) is 16.1. The second kappa shape index (κ2) is 9.09. The molecule has 0 bridgehead atoms. The Morgan fingerprint density at radius 2 is 0.723 bits per heavy atom. The van der Waals surface area contributed by atoms with E-state index in [0.29, 0.717) is 0 Å². The minimum Gasteiger partial charge on any atom is -0.292 e. The van der Waals surface area contributed by atoms with Gasteiger partial charge in [-0.3, -0.25) is 8.80 Å². The standard InChI is InChI=1S/C43H27N4/c1-2-14-29-28(13-1)30-15-3-4-19-34(30)42-35-20-8-10-22-37(35)46-41-27-44(26-25-40(41)45(43(42)46)36-21-9-5-16-31(29)36)47-38-23-11-6-17-32(38)33-18-7-12-24-39(33)47/h1-27H/q+1. The molecule has 5 heterocycles. The number of imidazole rings is 1. The number of fused-ring (bicyclic) bond motifs is 16. The van der Waals surface area contributed by atoms with Crippen LogP contribution in [-0.2, 0) is 0 Å². The number of pyridine rings is 1. The molecule has 218 valence electrons. The van der Waals surface area contributed by atoms with Crippen LogP contribution in [0.5, 0.6) is 0 Å². The molecule has 0 unspecified atom stereocenters. The molecule has 4 heteroatoms. The van der Waals surface area contributed by atoms with E-state index in [4.69, 9.17) is 0 Å². The second-order valence-corrected chi connectivity index (χ2v) is 12.4. The zero-order valence-electron chi connectivity index (χ0n) is 25.4. The van der Waals surface area contributed by atoms with E-state index in [9.17, 15) is 0 Å². The molecular weight excluding hydrogens is 573 g/mol. The van der Waals surface area contributed by atoms with Crippen LogP contribution in [-0.4, -0.2) is 13.5 Å². The highest BCUT2D eigenvalue weighted by Gasteiger charge is 2.23. The zero-order valence-corrected chi connectivity index (χ0v) is 25.4. The van der Waals surface area contributed by atoms with Crippen LogP contribution in [0.2, 0.25) is 0 Å².